The van der Waals surface area contributed by atoms with E-state index in [0.29, 0.717) is 11.4 Å². The minimum atomic E-state index is -0.0889. The topological polar surface area (TPSA) is 64.7 Å². The first-order chi connectivity index (χ1) is 13.7. The van der Waals surface area contributed by atoms with Crippen molar-refractivity contribution in [1.82, 2.24) is 19.1 Å². The average Bonchev–Trinajstić information content (AvgIpc) is 3.41. The van der Waals surface area contributed by atoms with Crippen molar-refractivity contribution in [3.05, 3.63) is 64.6 Å². The Hall–Kier alpha value is -2.93. The van der Waals surface area contributed by atoms with Crippen molar-refractivity contribution in [3.8, 4) is 0 Å². The number of nitrogens with one attached hydrogen (secondary N) is 1. The number of carbonyl (C=O) groups excluding carboxylic acids is 1. The fourth-order valence-corrected chi connectivity index (χ4v) is 3.89. The van der Waals surface area contributed by atoms with Gasteiger partial charge in [-0.05, 0) is 43.0 Å². The Labute approximate surface area is 167 Å². The zero-order valence-corrected chi connectivity index (χ0v) is 16.9. The molecule has 1 amide bonds. The van der Waals surface area contributed by atoms with Crippen molar-refractivity contribution in [3.63, 3.8) is 0 Å². The summed E-state index contributed by atoms with van der Waals surface area (Å²) in [4.78, 5) is 22.2. The Morgan fingerprint density at radius 1 is 1.29 bits per heavy atom. The number of fused-ring (bicyclic) bond motifs is 1. The molecule has 6 nitrogen and oxygen atoms in total. The maximum atomic E-state index is 12.3. The molecule has 7 heteroatoms. The number of aromatic nitrogens is 4. The van der Waals surface area contributed by atoms with Crippen LogP contribution in [0.3, 0.4) is 0 Å². The molecule has 1 aromatic carbocycles. The van der Waals surface area contributed by atoms with E-state index in [1.54, 1.807) is 0 Å². The van der Waals surface area contributed by atoms with Crippen LogP contribution in [-0.4, -0.2) is 25.0 Å². The van der Waals surface area contributed by atoms with E-state index in [1.165, 1.54) is 11.3 Å². The Morgan fingerprint density at radius 3 is 2.89 bits per heavy atom. The number of nitrogens with zero attached hydrogens (tertiary/aromatic N) is 4. The number of aryl methyl sites for hydroxylation is 2. The lowest BCUT2D eigenvalue weighted by molar-refractivity contribution is 0.103. The lowest BCUT2D eigenvalue weighted by atomic mass is 10.2. The predicted molar refractivity (Wildman–Crippen MR) is 113 cm³/mol. The summed E-state index contributed by atoms with van der Waals surface area (Å²) < 4.78 is 4.38. The molecule has 4 rings (SSSR count). The van der Waals surface area contributed by atoms with Gasteiger partial charge >= 0.3 is 0 Å². The Bertz CT molecular complexity index is 1090. The first-order valence-corrected chi connectivity index (χ1v) is 10.4. The lowest BCUT2D eigenvalue weighted by Gasteiger charge is -2.10. The van der Waals surface area contributed by atoms with Crippen LogP contribution in [0, 0.1) is 6.92 Å². The molecule has 0 aliphatic heterocycles. The maximum Gasteiger partial charge on any atom is 0.265 e. The van der Waals surface area contributed by atoms with Crippen LogP contribution < -0.4 is 5.32 Å². The second kappa shape index (κ2) is 7.98. The highest BCUT2D eigenvalue weighted by molar-refractivity contribution is 7.12. The maximum absolute atomic E-state index is 12.3. The highest BCUT2D eigenvalue weighted by Gasteiger charge is 2.14. The van der Waals surface area contributed by atoms with Crippen LogP contribution in [0.1, 0.15) is 41.1 Å². The summed E-state index contributed by atoms with van der Waals surface area (Å²) in [5.74, 6) is 1.89. The first-order valence-electron chi connectivity index (χ1n) is 9.47. The van der Waals surface area contributed by atoms with E-state index < -0.39 is 0 Å². The van der Waals surface area contributed by atoms with Crippen molar-refractivity contribution in [2.45, 2.75) is 39.8 Å². The summed E-state index contributed by atoms with van der Waals surface area (Å²) in [6.45, 7) is 5.80. The van der Waals surface area contributed by atoms with Crippen LogP contribution in [0.5, 0.6) is 0 Å². The van der Waals surface area contributed by atoms with Crippen LogP contribution in [0.4, 0.5) is 5.69 Å². The zero-order chi connectivity index (χ0) is 19.5. The number of amides is 1. The molecule has 0 aliphatic rings. The van der Waals surface area contributed by atoms with Crippen molar-refractivity contribution < 1.29 is 4.79 Å². The number of rotatable bonds is 7. The van der Waals surface area contributed by atoms with E-state index in [-0.39, 0.29) is 5.91 Å². The highest BCUT2D eigenvalue weighted by atomic mass is 32.1. The molecule has 0 unspecified atom stereocenters. The van der Waals surface area contributed by atoms with E-state index in [0.717, 1.165) is 47.8 Å². The standard InChI is InChI=1S/C21H23N5OS/c1-3-4-10-26-18-8-7-16(23-21(27)19-6-5-12-28-19)13-17(18)24-20(26)14-25-11-9-22-15(25)2/h5-9,11-13H,3-4,10,14H2,1-2H3,(H,23,27). The average molecular weight is 394 g/mol. The summed E-state index contributed by atoms with van der Waals surface area (Å²) in [5.41, 5.74) is 2.75. The molecule has 0 saturated heterocycles. The molecule has 4 aromatic rings. The van der Waals surface area contributed by atoms with E-state index in [2.05, 4.69) is 26.4 Å². The van der Waals surface area contributed by atoms with Gasteiger partial charge in [0.2, 0.25) is 0 Å². The van der Waals surface area contributed by atoms with Gasteiger partial charge in [-0.25, -0.2) is 9.97 Å². The molecular formula is C21H23N5OS. The fourth-order valence-electron chi connectivity index (χ4n) is 3.27. The number of imidazole rings is 2. The Morgan fingerprint density at radius 2 is 2.18 bits per heavy atom. The second-order valence-corrected chi connectivity index (χ2v) is 7.72. The van der Waals surface area contributed by atoms with Gasteiger partial charge < -0.3 is 14.5 Å². The third kappa shape index (κ3) is 3.71. The number of hydrogen-bond acceptors (Lipinski definition) is 4. The molecule has 3 aromatic heterocycles. The van der Waals surface area contributed by atoms with Gasteiger partial charge in [0.05, 0.1) is 22.5 Å². The SMILES string of the molecule is CCCCn1c(Cn2ccnc2C)nc2cc(NC(=O)c3cccs3)ccc21. The number of carbonyl (C=O) groups is 1. The molecular weight excluding hydrogens is 370 g/mol. The van der Waals surface area contributed by atoms with Crippen molar-refractivity contribution >= 4 is 34.0 Å². The Kier molecular flexibility index (Phi) is 5.25. The van der Waals surface area contributed by atoms with Crippen LogP contribution >= 0.6 is 11.3 Å². The molecule has 28 heavy (non-hydrogen) atoms. The van der Waals surface area contributed by atoms with Crippen LogP contribution in [-0.2, 0) is 13.1 Å². The molecule has 0 aliphatic carbocycles. The Balaban J connectivity index is 1.66. The first kappa shape index (κ1) is 18.4. The lowest BCUT2D eigenvalue weighted by Crippen LogP contribution is -2.10. The second-order valence-electron chi connectivity index (χ2n) is 6.77. The molecule has 0 radical (unpaired) electrons. The number of unbranched alkanes of at least 4 members (excludes halogenated alkanes) is 1. The number of anilines is 1. The third-order valence-corrected chi connectivity index (χ3v) is 5.67. The summed E-state index contributed by atoms with van der Waals surface area (Å²) in [6.07, 6.45) is 6.01. The quantitative estimate of drug-likeness (QED) is 0.495. The van der Waals surface area contributed by atoms with E-state index in [1.807, 2.05) is 55.0 Å². The predicted octanol–water partition coefficient (Wildman–Crippen LogP) is 4.70. The molecule has 0 atom stereocenters. The van der Waals surface area contributed by atoms with Crippen LogP contribution in [0.25, 0.3) is 11.0 Å². The summed E-state index contributed by atoms with van der Waals surface area (Å²) >= 11 is 1.43. The van der Waals surface area contributed by atoms with Gasteiger partial charge in [0.25, 0.3) is 5.91 Å². The minimum Gasteiger partial charge on any atom is -0.328 e. The van der Waals surface area contributed by atoms with Gasteiger partial charge in [-0.15, -0.1) is 11.3 Å². The van der Waals surface area contributed by atoms with Gasteiger partial charge in [-0.2, -0.15) is 0 Å². The van der Waals surface area contributed by atoms with Gasteiger partial charge in [0.1, 0.15) is 11.6 Å². The van der Waals surface area contributed by atoms with E-state index >= 15 is 0 Å². The largest absolute Gasteiger partial charge is 0.328 e. The van der Waals surface area contributed by atoms with Crippen molar-refractivity contribution in [2.75, 3.05) is 5.32 Å². The van der Waals surface area contributed by atoms with Gasteiger partial charge in [0, 0.05) is 24.6 Å². The summed E-state index contributed by atoms with van der Waals surface area (Å²) in [7, 11) is 0. The van der Waals surface area contributed by atoms with Crippen molar-refractivity contribution in [1.29, 1.82) is 0 Å². The van der Waals surface area contributed by atoms with Gasteiger partial charge in [0.15, 0.2) is 0 Å². The number of thiophene rings is 1. The van der Waals surface area contributed by atoms with E-state index in [9.17, 15) is 4.79 Å². The zero-order valence-electron chi connectivity index (χ0n) is 16.1. The third-order valence-electron chi connectivity index (χ3n) is 4.80. The van der Waals surface area contributed by atoms with E-state index in [4.69, 9.17) is 4.98 Å². The number of hydrogen-bond donors (Lipinski definition) is 1. The molecule has 0 spiro atoms. The molecule has 3 heterocycles. The van der Waals surface area contributed by atoms with Crippen molar-refractivity contribution in [2.24, 2.45) is 0 Å². The van der Waals surface area contributed by atoms with Crippen LogP contribution in [0.2, 0.25) is 0 Å². The smallest absolute Gasteiger partial charge is 0.265 e. The monoisotopic (exact) mass is 393 g/mol. The molecule has 0 saturated carbocycles. The summed E-state index contributed by atoms with van der Waals surface area (Å²) in [5, 5.41) is 4.87. The van der Waals surface area contributed by atoms with Gasteiger partial charge in [-0.3, -0.25) is 4.79 Å². The molecule has 0 fully saturated rings. The van der Waals surface area contributed by atoms with Crippen LogP contribution in [0.15, 0.2) is 48.1 Å². The fraction of sp³-hybridized carbons (Fsp3) is 0.286. The molecule has 0 bridgehead atoms. The molecule has 1 N–H and O–H groups in total. The summed E-state index contributed by atoms with van der Waals surface area (Å²) in [6, 6.07) is 9.65. The molecule has 144 valence electrons. The minimum absolute atomic E-state index is 0.0889. The normalized spacial score (nSPS) is 11.2. The highest BCUT2D eigenvalue weighted by Crippen LogP contribution is 2.23. The number of benzene rings is 1. The van der Waals surface area contributed by atoms with Gasteiger partial charge in [-0.1, -0.05) is 19.4 Å².